The molecule has 0 aliphatic heterocycles. The summed E-state index contributed by atoms with van der Waals surface area (Å²) in [5.74, 6) is 1.38. The molecule has 0 aromatic heterocycles. The third-order valence-electron chi connectivity index (χ3n) is 3.49. The Hall–Kier alpha value is -1.06. The molecule has 0 aliphatic rings. The van der Waals surface area contributed by atoms with E-state index in [1.165, 1.54) is 5.56 Å². The van der Waals surface area contributed by atoms with Crippen molar-refractivity contribution in [2.45, 2.75) is 53.2 Å². The van der Waals surface area contributed by atoms with Crippen LogP contribution in [0.2, 0.25) is 0 Å². The minimum atomic E-state index is 0.165. The fourth-order valence-corrected chi connectivity index (χ4v) is 2.55. The highest BCUT2D eigenvalue weighted by Crippen LogP contribution is 2.27. The Morgan fingerprint density at radius 1 is 1.10 bits per heavy atom. The van der Waals surface area contributed by atoms with Crippen molar-refractivity contribution in [3.63, 3.8) is 0 Å². The molecule has 120 valence electrons. The second-order valence-corrected chi connectivity index (χ2v) is 5.60. The Bertz CT molecular complexity index is 393. The summed E-state index contributed by atoms with van der Waals surface area (Å²) in [4.78, 5) is 0. The van der Waals surface area contributed by atoms with E-state index in [4.69, 9.17) is 9.47 Å². The molecule has 0 heterocycles. The van der Waals surface area contributed by atoms with Gasteiger partial charge in [0, 0.05) is 6.61 Å². The molecule has 1 aromatic carbocycles. The molecule has 0 amide bonds. The van der Waals surface area contributed by atoms with Gasteiger partial charge in [-0.2, -0.15) is 0 Å². The zero-order valence-electron chi connectivity index (χ0n) is 14.2. The van der Waals surface area contributed by atoms with E-state index in [0.29, 0.717) is 12.5 Å². The molecule has 1 rings (SSSR count). The summed E-state index contributed by atoms with van der Waals surface area (Å²) in [6, 6.07) is 8.56. The van der Waals surface area contributed by atoms with E-state index in [1.54, 1.807) is 0 Å². The number of benzene rings is 1. The molecule has 21 heavy (non-hydrogen) atoms. The molecule has 0 radical (unpaired) electrons. The second kappa shape index (κ2) is 9.80. The smallest absolute Gasteiger partial charge is 0.119 e. The van der Waals surface area contributed by atoms with Crippen molar-refractivity contribution in [3.05, 3.63) is 29.8 Å². The molecule has 3 heteroatoms. The maximum absolute atomic E-state index is 6.01. The summed E-state index contributed by atoms with van der Waals surface area (Å²) in [6.07, 6.45) is 1.27. The molecular weight excluding hydrogens is 262 g/mol. The Labute approximate surface area is 130 Å². The average Bonchev–Trinajstić information content (AvgIpc) is 2.47. The van der Waals surface area contributed by atoms with E-state index in [9.17, 15) is 0 Å². The summed E-state index contributed by atoms with van der Waals surface area (Å²) in [7, 11) is 0. The van der Waals surface area contributed by atoms with Crippen molar-refractivity contribution >= 4 is 0 Å². The fraction of sp³-hybridized carbons (Fsp3) is 0.667. The van der Waals surface area contributed by atoms with Gasteiger partial charge in [-0.15, -0.1) is 0 Å². The Morgan fingerprint density at radius 2 is 1.86 bits per heavy atom. The van der Waals surface area contributed by atoms with Crippen molar-refractivity contribution < 1.29 is 9.47 Å². The van der Waals surface area contributed by atoms with Crippen LogP contribution in [0.1, 0.15) is 52.6 Å². The largest absolute Gasteiger partial charge is 0.494 e. The molecule has 2 unspecified atom stereocenters. The van der Waals surface area contributed by atoms with Gasteiger partial charge in [0.15, 0.2) is 0 Å². The lowest BCUT2D eigenvalue weighted by Crippen LogP contribution is -2.37. The summed E-state index contributed by atoms with van der Waals surface area (Å²) < 4.78 is 11.6. The molecule has 3 nitrogen and oxygen atoms in total. The van der Waals surface area contributed by atoms with Crippen molar-refractivity contribution in [2.24, 2.45) is 5.92 Å². The summed E-state index contributed by atoms with van der Waals surface area (Å²) >= 11 is 0. The molecule has 1 N–H and O–H groups in total. The van der Waals surface area contributed by atoms with Gasteiger partial charge in [0.25, 0.3) is 0 Å². The molecular formula is C18H31NO2. The van der Waals surface area contributed by atoms with E-state index in [2.05, 4.69) is 51.2 Å². The molecule has 1 aromatic rings. The Balaban J connectivity index is 3.01. The Kier molecular flexibility index (Phi) is 8.40. The molecule has 0 spiro atoms. The predicted molar refractivity (Wildman–Crippen MR) is 88.9 cm³/mol. The van der Waals surface area contributed by atoms with Gasteiger partial charge in [-0.3, -0.25) is 0 Å². The third-order valence-corrected chi connectivity index (χ3v) is 3.49. The predicted octanol–water partition coefficient (Wildman–Crippen LogP) is 4.19. The lowest BCUT2D eigenvalue weighted by molar-refractivity contribution is 0.00280. The van der Waals surface area contributed by atoms with E-state index in [0.717, 1.165) is 25.3 Å². The first-order chi connectivity index (χ1) is 10.1. The minimum Gasteiger partial charge on any atom is -0.494 e. The number of rotatable bonds is 10. The quantitative estimate of drug-likeness (QED) is 0.702. The van der Waals surface area contributed by atoms with Crippen LogP contribution >= 0.6 is 0 Å². The molecule has 0 saturated heterocycles. The van der Waals surface area contributed by atoms with E-state index < -0.39 is 0 Å². The van der Waals surface area contributed by atoms with Crippen molar-refractivity contribution in [1.29, 1.82) is 0 Å². The molecule has 0 saturated carbocycles. The van der Waals surface area contributed by atoms with Crippen LogP contribution in [0.15, 0.2) is 24.3 Å². The molecule has 0 fully saturated rings. The first-order valence-electron chi connectivity index (χ1n) is 8.21. The number of hydrogen-bond acceptors (Lipinski definition) is 3. The number of hydrogen-bond donors (Lipinski definition) is 1. The summed E-state index contributed by atoms with van der Waals surface area (Å²) in [5.41, 5.74) is 1.24. The van der Waals surface area contributed by atoms with E-state index >= 15 is 0 Å². The van der Waals surface area contributed by atoms with Crippen LogP contribution in [0.25, 0.3) is 0 Å². The first-order valence-corrected chi connectivity index (χ1v) is 8.21. The van der Waals surface area contributed by atoms with Gasteiger partial charge < -0.3 is 14.8 Å². The van der Waals surface area contributed by atoms with Crippen LogP contribution in [0.3, 0.4) is 0 Å². The van der Waals surface area contributed by atoms with Crippen molar-refractivity contribution in [1.82, 2.24) is 5.32 Å². The number of nitrogens with one attached hydrogen (secondary N) is 1. The van der Waals surface area contributed by atoms with E-state index in [-0.39, 0.29) is 12.1 Å². The maximum Gasteiger partial charge on any atom is 0.119 e. The van der Waals surface area contributed by atoms with Crippen LogP contribution in [0, 0.1) is 5.92 Å². The van der Waals surface area contributed by atoms with Gasteiger partial charge in [0.05, 0.1) is 18.8 Å². The zero-order valence-corrected chi connectivity index (χ0v) is 14.2. The standard InChI is InChI=1S/C18H31NO2/c1-6-12-19-17(18(14(4)5)21-8-3)15-10-9-11-16(13-15)20-7-2/h9-11,13-14,17-19H,6-8,12H2,1-5H3. The second-order valence-electron chi connectivity index (χ2n) is 5.60. The Morgan fingerprint density at radius 3 is 2.43 bits per heavy atom. The fourth-order valence-electron chi connectivity index (χ4n) is 2.55. The van der Waals surface area contributed by atoms with Gasteiger partial charge in [0.2, 0.25) is 0 Å². The van der Waals surface area contributed by atoms with Gasteiger partial charge in [-0.05, 0) is 50.4 Å². The SMILES string of the molecule is CCCNC(c1cccc(OCC)c1)C(OCC)C(C)C. The zero-order chi connectivity index (χ0) is 15.7. The number of ether oxygens (including phenoxy) is 2. The van der Waals surface area contributed by atoms with Gasteiger partial charge in [-0.25, -0.2) is 0 Å². The topological polar surface area (TPSA) is 30.5 Å². The lowest BCUT2D eigenvalue weighted by Gasteiger charge is -2.31. The minimum absolute atomic E-state index is 0.165. The van der Waals surface area contributed by atoms with Crippen LogP contribution < -0.4 is 10.1 Å². The normalized spacial score (nSPS) is 14.2. The van der Waals surface area contributed by atoms with Crippen LogP contribution in [-0.4, -0.2) is 25.9 Å². The van der Waals surface area contributed by atoms with E-state index in [1.807, 2.05) is 13.0 Å². The third kappa shape index (κ3) is 5.68. The average molecular weight is 293 g/mol. The van der Waals surface area contributed by atoms with Gasteiger partial charge in [0.1, 0.15) is 5.75 Å². The summed E-state index contributed by atoms with van der Waals surface area (Å²) in [5, 5.41) is 3.64. The molecule has 0 aliphatic carbocycles. The van der Waals surface area contributed by atoms with Crippen molar-refractivity contribution in [2.75, 3.05) is 19.8 Å². The highest BCUT2D eigenvalue weighted by Gasteiger charge is 2.26. The van der Waals surface area contributed by atoms with Crippen LogP contribution in [-0.2, 0) is 4.74 Å². The lowest BCUT2D eigenvalue weighted by atomic mass is 9.93. The summed E-state index contributed by atoms with van der Waals surface area (Å²) in [6.45, 7) is 13.1. The first kappa shape index (κ1) is 18.0. The van der Waals surface area contributed by atoms with Gasteiger partial charge in [-0.1, -0.05) is 32.9 Å². The molecule has 2 atom stereocenters. The maximum atomic E-state index is 6.01. The van der Waals surface area contributed by atoms with Gasteiger partial charge >= 0.3 is 0 Å². The molecule has 0 bridgehead atoms. The van der Waals surface area contributed by atoms with Crippen molar-refractivity contribution in [3.8, 4) is 5.75 Å². The highest BCUT2D eigenvalue weighted by molar-refractivity contribution is 5.31. The highest BCUT2D eigenvalue weighted by atomic mass is 16.5. The van der Waals surface area contributed by atoms with Crippen LogP contribution in [0.4, 0.5) is 0 Å². The van der Waals surface area contributed by atoms with Crippen LogP contribution in [0.5, 0.6) is 5.75 Å². The monoisotopic (exact) mass is 293 g/mol.